The van der Waals surface area contributed by atoms with Gasteiger partial charge in [-0.05, 0) is 13.0 Å². The molecule has 18 atom stereocenters. The molecule has 0 fully saturated rings. The highest BCUT2D eigenvalue weighted by atomic mass is 16.7. The SMILES string of the molecule is CCN(CCN(CC(=O)[O-])C(CCON(CCNC(=O)C(O)C(O)C(O)C(O)CO)CCNC(=O)C(O)C(O)C(O)C(O)CO)C(=O)[O-])CCN(CC(=O)[O-])C(CC(=O)N(CCNOCC(O)C(O)C(O)C(O)CO)CCNOCC(O)C(O)C(O)C(O)CO)C(=O)[O-]. The monoisotopic (exact) mass is 1360 g/mol. The molecular formula is C50H93N9O34-4. The highest BCUT2D eigenvalue weighted by molar-refractivity contribution is 5.84. The van der Waals surface area contributed by atoms with Gasteiger partial charge in [-0.25, -0.2) is 11.0 Å². The molecular weight excluding hydrogens is 1270 g/mol. The molecule has 0 saturated carbocycles. The Bertz CT molecular complexity index is 2040. The zero-order chi connectivity index (χ0) is 71.2. The van der Waals surface area contributed by atoms with Gasteiger partial charge in [-0.3, -0.25) is 38.7 Å². The number of rotatable bonds is 57. The Balaban J connectivity index is 6.48. The number of aliphatic hydroxyl groups is 20. The lowest BCUT2D eigenvalue weighted by molar-refractivity contribution is -0.317. The summed E-state index contributed by atoms with van der Waals surface area (Å²) in [5, 5.41) is 250. The predicted molar refractivity (Wildman–Crippen MR) is 295 cm³/mol. The van der Waals surface area contributed by atoms with E-state index in [0.29, 0.717) is 0 Å². The van der Waals surface area contributed by atoms with Crippen molar-refractivity contribution in [2.24, 2.45) is 0 Å². The molecule has 0 aromatic rings. The third-order valence-electron chi connectivity index (χ3n) is 14.0. The van der Waals surface area contributed by atoms with Crippen molar-refractivity contribution in [2.75, 3.05) is 144 Å². The summed E-state index contributed by atoms with van der Waals surface area (Å²) in [5.41, 5.74) is 4.66. The second kappa shape index (κ2) is 47.9. The quantitative estimate of drug-likeness (QED) is 0.0199. The number of likely N-dealkylation sites (N-methyl/N-ethyl adjacent to an activating group) is 1. The summed E-state index contributed by atoms with van der Waals surface area (Å²) in [4.78, 5) is 108. The number of hydrogen-bond acceptors (Lipinski definition) is 40. The molecule has 43 nitrogen and oxygen atoms in total. The van der Waals surface area contributed by atoms with E-state index in [1.807, 2.05) is 0 Å². The van der Waals surface area contributed by atoms with Gasteiger partial charge >= 0.3 is 0 Å². The summed E-state index contributed by atoms with van der Waals surface area (Å²) in [7, 11) is 0. The molecule has 0 aliphatic rings. The van der Waals surface area contributed by atoms with Crippen LogP contribution in [0.2, 0.25) is 0 Å². The van der Waals surface area contributed by atoms with Crippen molar-refractivity contribution in [1.82, 2.24) is 46.3 Å². The number of carboxylic acid groups (broad SMARTS) is 4. The second-order valence-electron chi connectivity index (χ2n) is 20.9. The van der Waals surface area contributed by atoms with Crippen LogP contribution in [0.25, 0.3) is 0 Å². The molecule has 0 spiro atoms. The molecule has 0 rings (SSSR count). The Hall–Kier alpha value is -4.87. The van der Waals surface area contributed by atoms with Gasteiger partial charge in [-0.15, -0.1) is 0 Å². The minimum atomic E-state index is -2.39. The van der Waals surface area contributed by atoms with E-state index in [0.717, 1.165) is 19.8 Å². The summed E-state index contributed by atoms with van der Waals surface area (Å²) in [6, 6.07) is -3.87. The lowest BCUT2D eigenvalue weighted by atomic mass is 10.0. The summed E-state index contributed by atoms with van der Waals surface area (Å²) in [6.45, 7) is -11.7. The molecule has 0 aliphatic heterocycles. The highest BCUT2D eigenvalue weighted by Gasteiger charge is 2.37. The first kappa shape index (κ1) is 88.1. The average molecular weight is 1360 g/mol. The summed E-state index contributed by atoms with van der Waals surface area (Å²) in [5.74, 6) is -11.1. The number of aliphatic carboxylic acids is 4. The maximum Gasteiger partial charge on any atom is 0.251 e. The Morgan fingerprint density at radius 1 is 0.430 bits per heavy atom. The van der Waals surface area contributed by atoms with Crippen molar-refractivity contribution in [1.29, 1.82) is 0 Å². The van der Waals surface area contributed by atoms with Gasteiger partial charge < -0.3 is 162 Å². The first-order valence-electron chi connectivity index (χ1n) is 28.9. The molecule has 0 aromatic carbocycles. The number of carbonyl (C=O) groups is 7. The van der Waals surface area contributed by atoms with E-state index in [1.54, 1.807) is 6.92 Å². The van der Waals surface area contributed by atoms with E-state index < -0.39 is 263 Å². The zero-order valence-corrected chi connectivity index (χ0v) is 50.8. The van der Waals surface area contributed by atoms with Gasteiger partial charge in [-0.2, -0.15) is 5.06 Å². The van der Waals surface area contributed by atoms with Crippen LogP contribution in [0.1, 0.15) is 19.8 Å². The number of carbonyl (C=O) groups excluding carboxylic acids is 7. The van der Waals surface area contributed by atoms with Crippen LogP contribution < -0.4 is 42.0 Å². The molecule has 0 aromatic heterocycles. The topological polar surface area (TPSA) is 708 Å². The van der Waals surface area contributed by atoms with Crippen molar-refractivity contribution >= 4 is 41.6 Å². The Labute approximate surface area is 531 Å². The highest BCUT2D eigenvalue weighted by Crippen LogP contribution is 2.13. The van der Waals surface area contributed by atoms with E-state index in [9.17, 15) is 136 Å². The maximum absolute atomic E-state index is 13.9. The van der Waals surface area contributed by atoms with Crippen molar-refractivity contribution < 1.29 is 171 Å². The lowest BCUT2D eigenvalue weighted by Gasteiger charge is -2.37. The van der Waals surface area contributed by atoms with Crippen LogP contribution in [-0.4, -0.2) is 423 Å². The van der Waals surface area contributed by atoms with E-state index in [-0.39, 0.29) is 45.8 Å². The molecule has 0 bridgehead atoms. The van der Waals surface area contributed by atoms with Crippen LogP contribution in [0, 0.1) is 0 Å². The smallest absolute Gasteiger partial charge is 0.251 e. The number of hydrogen-bond donors (Lipinski definition) is 24. The number of nitrogens with zero attached hydrogens (tertiary/aromatic N) is 5. The van der Waals surface area contributed by atoms with Gasteiger partial charge in [0.2, 0.25) is 5.91 Å². The van der Waals surface area contributed by atoms with Crippen LogP contribution in [0.4, 0.5) is 0 Å². The number of carboxylic acids is 4. The fourth-order valence-corrected chi connectivity index (χ4v) is 8.28. The molecule has 0 aliphatic carbocycles. The van der Waals surface area contributed by atoms with Crippen molar-refractivity contribution in [3.05, 3.63) is 0 Å². The number of nitrogens with one attached hydrogen (secondary N) is 4. The second-order valence-corrected chi connectivity index (χ2v) is 20.9. The molecule has 24 N–H and O–H groups in total. The van der Waals surface area contributed by atoms with Gasteiger partial charge in [-0.1, -0.05) is 6.92 Å². The van der Waals surface area contributed by atoms with Gasteiger partial charge in [0.25, 0.3) is 11.8 Å². The van der Waals surface area contributed by atoms with Crippen LogP contribution in [0.5, 0.6) is 0 Å². The van der Waals surface area contributed by atoms with Crippen LogP contribution in [0.3, 0.4) is 0 Å². The van der Waals surface area contributed by atoms with E-state index in [1.165, 1.54) is 4.90 Å². The summed E-state index contributed by atoms with van der Waals surface area (Å²) < 4.78 is 0. The first-order chi connectivity index (χ1) is 43.7. The minimum absolute atomic E-state index is 0.0387. The van der Waals surface area contributed by atoms with Gasteiger partial charge in [0, 0.05) is 98.0 Å². The van der Waals surface area contributed by atoms with Gasteiger partial charge in [0.15, 0.2) is 12.2 Å². The molecule has 0 saturated heterocycles. The Morgan fingerprint density at radius 2 is 0.774 bits per heavy atom. The standard InChI is InChI=1S/C50H97N9O34/c1-2-55(12-14-57(18-35(71)72)26(49(87)88)3-16-93-59(10-4-51-47(85)45(83)43(81)39(77)30(66)22-62)11-5-52-48(86)46(84)44(82)40(78)31(67)23-63)13-15-58(19-36(73)74)27(50(89)90)17-34(70)56(8-6-53-91-24-32(68)41(79)37(75)28(64)20-60)9-7-54-92-25-33(69)42(80)38(76)29(65)21-61/h26-33,37-46,53-54,60-69,75-84H,2-25H2,1H3,(H,51,85)(H,52,86)(H,71,72)(H,73,74)(H,87,88)(H,89,90)/p-4. The van der Waals surface area contributed by atoms with Crippen LogP contribution in [0.15, 0.2) is 0 Å². The lowest BCUT2D eigenvalue weighted by Crippen LogP contribution is -2.56. The number of aliphatic hydroxyl groups excluding tert-OH is 20. The maximum atomic E-state index is 13.9. The first-order valence-corrected chi connectivity index (χ1v) is 28.9. The molecule has 0 heterocycles. The largest absolute Gasteiger partial charge is 0.549 e. The van der Waals surface area contributed by atoms with Crippen molar-refractivity contribution in [3.8, 4) is 0 Å². The Morgan fingerprint density at radius 3 is 1.11 bits per heavy atom. The number of hydroxylamine groups is 4. The molecule has 0 radical (unpaired) electrons. The fraction of sp³-hybridized carbons (Fsp3) is 0.860. The normalized spacial score (nSPS) is 18.0. The third kappa shape index (κ3) is 33.6. The van der Waals surface area contributed by atoms with Crippen LogP contribution in [-0.2, 0) is 48.1 Å². The minimum Gasteiger partial charge on any atom is -0.549 e. The van der Waals surface area contributed by atoms with Crippen molar-refractivity contribution in [3.63, 3.8) is 0 Å². The third-order valence-corrected chi connectivity index (χ3v) is 14.0. The van der Waals surface area contributed by atoms with E-state index in [4.69, 9.17) is 34.9 Å². The summed E-state index contributed by atoms with van der Waals surface area (Å²) >= 11 is 0. The van der Waals surface area contributed by atoms with Crippen molar-refractivity contribution in [2.45, 2.75) is 130 Å². The van der Waals surface area contributed by atoms with E-state index >= 15 is 0 Å². The number of amides is 3. The molecule has 546 valence electrons. The van der Waals surface area contributed by atoms with Gasteiger partial charge in [0.05, 0.1) is 82.2 Å². The fourth-order valence-electron chi connectivity index (χ4n) is 8.28. The summed E-state index contributed by atoms with van der Waals surface area (Å²) in [6.07, 6.45) is -34.8. The molecule has 43 heteroatoms. The van der Waals surface area contributed by atoms with Crippen LogP contribution >= 0.6 is 0 Å². The molecule has 93 heavy (non-hydrogen) atoms. The predicted octanol–water partition coefficient (Wildman–Crippen LogP) is -22.5. The zero-order valence-electron chi connectivity index (χ0n) is 50.8. The van der Waals surface area contributed by atoms with E-state index in [2.05, 4.69) is 21.6 Å². The average Bonchev–Trinajstić information content (AvgIpc) is 1.68. The van der Waals surface area contributed by atoms with Gasteiger partial charge in [0.1, 0.15) is 85.5 Å². The Kier molecular flexibility index (Phi) is 45.4. The molecule has 18 unspecified atom stereocenters. The molecule has 3 amide bonds.